The summed E-state index contributed by atoms with van der Waals surface area (Å²) in [6.07, 6.45) is -7.82. The van der Waals surface area contributed by atoms with Crippen LogP contribution in [0.25, 0.3) is 22.1 Å². The summed E-state index contributed by atoms with van der Waals surface area (Å²) in [5.74, 6) is -0.809. The molecule has 2 atom stereocenters. The second-order valence-electron chi connectivity index (χ2n) is 15.6. The lowest BCUT2D eigenvalue weighted by Gasteiger charge is -2.23. The fourth-order valence-corrected chi connectivity index (χ4v) is 9.59. The van der Waals surface area contributed by atoms with Crippen LogP contribution in [0.2, 0.25) is 0 Å². The van der Waals surface area contributed by atoms with Crippen LogP contribution in [0.3, 0.4) is 0 Å². The molecule has 0 N–H and O–H groups in total. The Hall–Kier alpha value is -6.63. The molecular weight excluding hydrogens is 975 g/mol. The number of carbonyl (C=O) groups is 3. The molecule has 0 aliphatic carbocycles. The second kappa shape index (κ2) is 22.4. The van der Waals surface area contributed by atoms with Crippen molar-refractivity contribution in [3.8, 4) is 11.5 Å². The van der Waals surface area contributed by atoms with Crippen LogP contribution in [0.1, 0.15) is 47.5 Å². The van der Waals surface area contributed by atoms with Crippen LogP contribution >= 0.6 is 0 Å². The average Bonchev–Trinajstić information content (AvgIpc) is 3.90. The number of para-hydroxylation sites is 2. The number of nitrogens with zero attached hydrogens (tertiary/aromatic N) is 8. The highest BCUT2D eigenvalue weighted by Crippen LogP contribution is 2.30. The highest BCUT2D eigenvalue weighted by molar-refractivity contribution is 7.84. The van der Waals surface area contributed by atoms with Crippen molar-refractivity contribution in [2.24, 2.45) is 0 Å². The highest BCUT2D eigenvalue weighted by atomic mass is 32.2. The number of halogens is 6. The number of hydrogen-bond acceptors (Lipinski definition) is 13. The molecule has 2 aromatic carbocycles. The molecule has 0 radical (unpaired) electrons. The first-order valence-corrected chi connectivity index (χ1v) is 24.1. The fourth-order valence-electron chi connectivity index (χ4n) is 7.11. The Morgan fingerprint density at radius 1 is 0.614 bits per heavy atom. The van der Waals surface area contributed by atoms with Gasteiger partial charge in [0.1, 0.15) is 24.7 Å². The predicted molar refractivity (Wildman–Crippen MR) is 244 cm³/mol. The van der Waals surface area contributed by atoms with E-state index in [2.05, 4.69) is 19.9 Å². The molecule has 25 heteroatoms. The minimum absolute atomic E-state index is 0.0929. The molecule has 2 unspecified atom stereocenters. The van der Waals surface area contributed by atoms with Gasteiger partial charge in [-0.05, 0) is 76.9 Å². The molecule has 2 amide bonds. The van der Waals surface area contributed by atoms with E-state index in [1.54, 1.807) is 64.1 Å². The van der Waals surface area contributed by atoms with E-state index < -0.39 is 65.4 Å². The molecule has 70 heavy (non-hydrogen) atoms. The van der Waals surface area contributed by atoms with Gasteiger partial charge in [-0.2, -0.15) is 26.3 Å². The number of pyridine rings is 2. The molecule has 4 heterocycles. The van der Waals surface area contributed by atoms with Gasteiger partial charge in [-0.15, -0.1) is 0 Å². The smallest absolute Gasteiger partial charge is 0.484 e. The van der Waals surface area contributed by atoms with Gasteiger partial charge in [0.2, 0.25) is 10.3 Å². The number of amides is 2. The number of imidazole rings is 2. The molecule has 376 valence electrons. The molecule has 0 spiro atoms. The summed E-state index contributed by atoms with van der Waals surface area (Å²) in [5.41, 5.74) is 3.60. The molecule has 0 aliphatic rings. The van der Waals surface area contributed by atoms with Gasteiger partial charge in [-0.25, -0.2) is 33.5 Å². The van der Waals surface area contributed by atoms with Crippen LogP contribution in [0, 0.1) is 27.7 Å². The van der Waals surface area contributed by atoms with Crippen LogP contribution < -0.4 is 9.47 Å². The van der Waals surface area contributed by atoms with Gasteiger partial charge in [-0.1, -0.05) is 24.3 Å². The standard InChI is InChI=1S/C45H48F6N8O9S2/c1-7-56(41(60)58-33-13-9-11-27(3)37(33)54-39(58)69(63)23-31-29(5)35(15-17-52-31)67-25-44(46,47)48)19-21-65-43(62)66-22-20-57(8-2)42(61)59-34-14-10-12-28(4)38(34)55-40(59)70(64)24-32-30(6)36(16-18-53-32)68-26-45(49,50)51/h9-18H,7-8,19-26H2,1-6H3. The third-order valence-corrected chi connectivity index (χ3v) is 13.2. The Morgan fingerprint density at radius 3 is 1.36 bits per heavy atom. The molecule has 0 bridgehead atoms. The number of benzene rings is 2. The third kappa shape index (κ3) is 12.6. The largest absolute Gasteiger partial charge is 0.508 e. The van der Waals surface area contributed by atoms with Crippen molar-refractivity contribution in [1.82, 2.24) is 38.9 Å². The Labute approximate surface area is 402 Å². The molecule has 0 saturated heterocycles. The Kier molecular flexibility index (Phi) is 16.9. The summed E-state index contributed by atoms with van der Waals surface area (Å²) in [7, 11) is -4.10. The molecule has 6 aromatic rings. The van der Waals surface area contributed by atoms with E-state index in [0.717, 1.165) is 0 Å². The lowest BCUT2D eigenvalue weighted by Crippen LogP contribution is -2.39. The van der Waals surface area contributed by atoms with Gasteiger partial charge in [0.15, 0.2) is 13.2 Å². The zero-order chi connectivity index (χ0) is 51.1. The van der Waals surface area contributed by atoms with Crippen molar-refractivity contribution in [2.75, 3.05) is 52.6 Å². The molecule has 0 saturated carbocycles. The lowest BCUT2D eigenvalue weighted by atomic mass is 10.2. The molecule has 0 aliphatic heterocycles. The van der Waals surface area contributed by atoms with Crippen molar-refractivity contribution < 1.29 is 68.1 Å². The third-order valence-electron chi connectivity index (χ3n) is 10.8. The first-order valence-electron chi connectivity index (χ1n) is 21.5. The number of ether oxygens (including phenoxy) is 4. The van der Waals surface area contributed by atoms with Crippen LogP contribution in [-0.2, 0) is 42.6 Å². The van der Waals surface area contributed by atoms with Gasteiger partial charge in [0.05, 0.1) is 79.6 Å². The SMILES string of the molecule is CCN(CCOC(=O)OCCN(CC)C(=O)n1c(S(=O)Cc2nccc(OCC(F)(F)F)c2C)nc2c(C)cccc21)C(=O)n1c(S(=O)Cc2nccc(OCC(F)(F)F)c2C)nc2c(C)cccc21. The number of fused-ring (bicyclic) bond motifs is 2. The zero-order valence-electron chi connectivity index (χ0n) is 38.7. The maximum Gasteiger partial charge on any atom is 0.508 e. The number of hydrogen-bond donors (Lipinski definition) is 0. The number of rotatable bonds is 18. The summed E-state index contributed by atoms with van der Waals surface area (Å²) in [4.78, 5) is 61.3. The van der Waals surface area contributed by atoms with E-state index in [-0.39, 0.29) is 95.2 Å². The molecule has 4 aromatic heterocycles. The molecule has 0 fully saturated rings. The van der Waals surface area contributed by atoms with Crippen LogP contribution in [0.4, 0.5) is 40.7 Å². The normalized spacial score (nSPS) is 12.7. The van der Waals surface area contributed by atoms with E-state index in [1.165, 1.54) is 57.3 Å². The first kappa shape index (κ1) is 52.7. The Morgan fingerprint density at radius 2 is 1.00 bits per heavy atom. The van der Waals surface area contributed by atoms with Gasteiger partial charge < -0.3 is 28.7 Å². The number of carbonyl (C=O) groups excluding carboxylic acids is 3. The minimum atomic E-state index is -4.59. The maximum absolute atomic E-state index is 14.2. The summed E-state index contributed by atoms with van der Waals surface area (Å²) < 4.78 is 128. The highest BCUT2D eigenvalue weighted by Gasteiger charge is 2.32. The van der Waals surface area contributed by atoms with Crippen molar-refractivity contribution in [2.45, 2.75) is 75.7 Å². The van der Waals surface area contributed by atoms with Crippen molar-refractivity contribution >= 4 is 61.9 Å². The minimum Gasteiger partial charge on any atom is -0.484 e. The van der Waals surface area contributed by atoms with Crippen LogP contribution in [0.5, 0.6) is 11.5 Å². The number of alkyl halides is 6. The van der Waals surface area contributed by atoms with Gasteiger partial charge in [0, 0.05) is 36.6 Å². The number of aromatic nitrogens is 6. The lowest BCUT2D eigenvalue weighted by molar-refractivity contribution is -0.154. The summed E-state index contributed by atoms with van der Waals surface area (Å²) in [5, 5.41) is -0.281. The van der Waals surface area contributed by atoms with E-state index in [0.29, 0.717) is 33.2 Å². The topological polar surface area (TPSA) is 190 Å². The zero-order valence-corrected chi connectivity index (χ0v) is 40.3. The van der Waals surface area contributed by atoms with E-state index in [9.17, 15) is 49.1 Å². The van der Waals surface area contributed by atoms with Gasteiger partial charge >= 0.3 is 30.6 Å². The van der Waals surface area contributed by atoms with E-state index in [1.807, 2.05) is 0 Å². The van der Waals surface area contributed by atoms with Crippen molar-refractivity contribution in [1.29, 1.82) is 0 Å². The summed E-state index contributed by atoms with van der Waals surface area (Å²) >= 11 is 0. The Bertz CT molecular complexity index is 2750. The van der Waals surface area contributed by atoms with Crippen LogP contribution in [0.15, 0.2) is 71.2 Å². The quantitative estimate of drug-likeness (QED) is 0.0591. The second-order valence-corrected chi connectivity index (χ2v) is 18.3. The average molecular weight is 1020 g/mol. The van der Waals surface area contributed by atoms with Crippen molar-refractivity contribution in [3.63, 3.8) is 0 Å². The summed E-state index contributed by atoms with van der Waals surface area (Å²) in [6, 6.07) is 11.3. The summed E-state index contributed by atoms with van der Waals surface area (Å²) in [6.45, 7) is 6.00. The van der Waals surface area contributed by atoms with Crippen molar-refractivity contribution in [3.05, 3.63) is 94.6 Å². The van der Waals surface area contributed by atoms with Gasteiger partial charge in [-0.3, -0.25) is 18.4 Å². The number of likely N-dealkylation sites (N-methyl/N-ethyl adjacent to an activating group) is 2. The van der Waals surface area contributed by atoms with E-state index in [4.69, 9.17) is 18.9 Å². The number of aryl methyl sites for hydroxylation is 2. The van der Waals surface area contributed by atoms with E-state index >= 15 is 0 Å². The van der Waals surface area contributed by atoms with Crippen LogP contribution in [-0.4, -0.2) is 130 Å². The monoisotopic (exact) mass is 1020 g/mol. The fraction of sp³-hybridized carbons (Fsp3) is 0.400. The first-order chi connectivity index (χ1) is 33.1. The predicted octanol–water partition coefficient (Wildman–Crippen LogP) is 8.34. The van der Waals surface area contributed by atoms with Gasteiger partial charge in [0.25, 0.3) is 0 Å². The molecular formula is C45H48F6N8O9S2. The Balaban J connectivity index is 1.10. The molecule has 17 nitrogen and oxygen atoms in total. The molecule has 6 rings (SSSR count). The maximum atomic E-state index is 14.2.